The fourth-order valence-electron chi connectivity index (χ4n) is 1.93. The molecule has 0 radical (unpaired) electrons. The lowest BCUT2D eigenvalue weighted by Gasteiger charge is -2.13. The van der Waals surface area contributed by atoms with Crippen LogP contribution >= 0.6 is 0 Å². The Morgan fingerprint density at radius 1 is 1.48 bits per heavy atom. The van der Waals surface area contributed by atoms with Crippen molar-refractivity contribution in [2.24, 2.45) is 0 Å². The van der Waals surface area contributed by atoms with Crippen molar-refractivity contribution in [3.05, 3.63) is 35.9 Å². The average molecular weight is 291 g/mol. The van der Waals surface area contributed by atoms with Crippen molar-refractivity contribution >= 4 is 17.5 Å². The highest BCUT2D eigenvalue weighted by molar-refractivity contribution is 6.07. The molecule has 2 heterocycles. The van der Waals surface area contributed by atoms with Gasteiger partial charge in [0.05, 0.1) is 18.0 Å². The third-order valence-electron chi connectivity index (χ3n) is 2.84. The van der Waals surface area contributed by atoms with E-state index < -0.39 is 11.7 Å². The van der Waals surface area contributed by atoms with Gasteiger partial charge in [0.25, 0.3) is 5.91 Å². The summed E-state index contributed by atoms with van der Waals surface area (Å²) in [7, 11) is 0. The van der Waals surface area contributed by atoms with Gasteiger partial charge in [-0.25, -0.2) is 14.1 Å². The number of rotatable bonds is 5. The number of hydrogen-bond acceptors (Lipinski definition) is 4. The van der Waals surface area contributed by atoms with E-state index in [1.807, 2.05) is 20.8 Å². The Bertz CT molecular complexity index is 638. The summed E-state index contributed by atoms with van der Waals surface area (Å²) < 4.78 is 15.0. The molecule has 0 aromatic carbocycles. The third kappa shape index (κ3) is 3.36. The minimum absolute atomic E-state index is 0.106. The molecule has 0 saturated carbocycles. The molecule has 0 fully saturated rings. The summed E-state index contributed by atoms with van der Waals surface area (Å²) in [6, 6.07) is 2.96. The molecular weight excluding hydrogens is 273 g/mol. The first kappa shape index (κ1) is 15.0. The summed E-state index contributed by atoms with van der Waals surface area (Å²) in [6.07, 6.45) is 2.68. The van der Waals surface area contributed by atoms with Crippen LogP contribution in [0.1, 0.15) is 37.2 Å². The average Bonchev–Trinajstić information content (AvgIpc) is 2.89. The summed E-state index contributed by atoms with van der Waals surface area (Å²) >= 11 is 0. The van der Waals surface area contributed by atoms with Gasteiger partial charge in [-0.2, -0.15) is 5.10 Å². The third-order valence-corrected chi connectivity index (χ3v) is 2.84. The van der Waals surface area contributed by atoms with Crippen molar-refractivity contribution in [1.82, 2.24) is 14.8 Å². The second kappa shape index (κ2) is 6.34. The van der Waals surface area contributed by atoms with Gasteiger partial charge in [-0.1, -0.05) is 0 Å². The Morgan fingerprint density at radius 2 is 2.24 bits per heavy atom. The predicted molar refractivity (Wildman–Crippen MR) is 78.9 cm³/mol. The van der Waals surface area contributed by atoms with E-state index in [1.165, 1.54) is 0 Å². The zero-order chi connectivity index (χ0) is 15.4. The van der Waals surface area contributed by atoms with Crippen LogP contribution in [0.3, 0.4) is 0 Å². The molecule has 0 unspecified atom stereocenters. The molecule has 21 heavy (non-hydrogen) atoms. The molecule has 0 atom stereocenters. The molecule has 0 aliphatic rings. The molecule has 2 aromatic rings. The predicted octanol–water partition coefficient (Wildman–Crippen LogP) is 2.68. The number of anilines is 2. The van der Waals surface area contributed by atoms with E-state index >= 15 is 0 Å². The maximum Gasteiger partial charge on any atom is 0.260 e. The molecule has 112 valence electrons. The number of amides is 1. The molecule has 2 rings (SSSR count). The van der Waals surface area contributed by atoms with Crippen molar-refractivity contribution < 1.29 is 9.18 Å². The van der Waals surface area contributed by atoms with E-state index in [-0.39, 0.29) is 11.6 Å². The zero-order valence-corrected chi connectivity index (χ0v) is 12.2. The van der Waals surface area contributed by atoms with E-state index in [0.29, 0.717) is 18.2 Å². The summed E-state index contributed by atoms with van der Waals surface area (Å²) in [5, 5.41) is 9.80. The lowest BCUT2D eigenvalue weighted by Crippen LogP contribution is -2.19. The quantitative estimate of drug-likeness (QED) is 0.888. The number of carbonyl (C=O) groups is 1. The fraction of sp³-hybridized carbons (Fsp3) is 0.357. The first-order chi connectivity index (χ1) is 10.0. The van der Waals surface area contributed by atoms with Crippen molar-refractivity contribution in [3.8, 4) is 0 Å². The number of hydrogen-bond donors (Lipinski definition) is 2. The lowest BCUT2D eigenvalue weighted by atomic mass is 10.2. The summed E-state index contributed by atoms with van der Waals surface area (Å²) in [5.41, 5.74) is 0.161. The van der Waals surface area contributed by atoms with Crippen LogP contribution in [-0.4, -0.2) is 27.2 Å². The number of nitrogens with one attached hydrogen (secondary N) is 2. The van der Waals surface area contributed by atoms with Crippen molar-refractivity contribution in [1.29, 1.82) is 0 Å². The first-order valence-corrected chi connectivity index (χ1v) is 6.77. The van der Waals surface area contributed by atoms with Crippen LogP contribution < -0.4 is 10.6 Å². The highest BCUT2D eigenvalue weighted by Crippen LogP contribution is 2.18. The molecule has 1 amide bonds. The Balaban J connectivity index is 2.27. The van der Waals surface area contributed by atoms with Gasteiger partial charge in [-0.15, -0.1) is 0 Å². The molecule has 6 nitrogen and oxygen atoms in total. The molecule has 0 aliphatic heterocycles. The molecule has 0 bridgehead atoms. The van der Waals surface area contributed by atoms with Gasteiger partial charge >= 0.3 is 0 Å². The van der Waals surface area contributed by atoms with Gasteiger partial charge in [0, 0.05) is 18.7 Å². The van der Waals surface area contributed by atoms with Gasteiger partial charge in [-0.05, 0) is 26.8 Å². The number of nitrogens with zero attached hydrogens (tertiary/aromatic N) is 3. The summed E-state index contributed by atoms with van der Waals surface area (Å²) in [6.45, 7) is 6.37. The Kier molecular flexibility index (Phi) is 4.52. The maximum atomic E-state index is 13.3. The van der Waals surface area contributed by atoms with Crippen LogP contribution in [0.15, 0.2) is 24.5 Å². The van der Waals surface area contributed by atoms with Crippen molar-refractivity contribution in [3.63, 3.8) is 0 Å². The highest BCUT2D eigenvalue weighted by atomic mass is 19.1. The molecule has 7 heteroatoms. The van der Waals surface area contributed by atoms with Gasteiger partial charge in [0.2, 0.25) is 0 Å². The standard InChI is InChI=1S/C14H18FN5O/c1-4-16-13-11(7-10(15)8-17-13)14(21)19-12-5-6-18-20(12)9(2)3/h5-9H,4H2,1-3H3,(H,16,17)(H,19,21). The number of aromatic nitrogens is 3. The van der Waals surface area contributed by atoms with Crippen LogP contribution in [0.2, 0.25) is 0 Å². The van der Waals surface area contributed by atoms with E-state index in [4.69, 9.17) is 0 Å². The van der Waals surface area contributed by atoms with Crippen LogP contribution in [-0.2, 0) is 0 Å². The van der Waals surface area contributed by atoms with E-state index in [9.17, 15) is 9.18 Å². The zero-order valence-electron chi connectivity index (χ0n) is 12.2. The largest absolute Gasteiger partial charge is 0.370 e. The fourth-order valence-corrected chi connectivity index (χ4v) is 1.93. The van der Waals surface area contributed by atoms with Crippen molar-refractivity contribution in [2.45, 2.75) is 26.8 Å². The van der Waals surface area contributed by atoms with Crippen LogP contribution in [0.25, 0.3) is 0 Å². The molecule has 0 aliphatic carbocycles. The molecule has 0 spiro atoms. The second-order valence-corrected chi connectivity index (χ2v) is 4.79. The van der Waals surface area contributed by atoms with E-state index in [1.54, 1.807) is 16.9 Å². The highest BCUT2D eigenvalue weighted by Gasteiger charge is 2.16. The molecule has 0 saturated heterocycles. The van der Waals surface area contributed by atoms with E-state index in [0.717, 1.165) is 12.3 Å². The van der Waals surface area contributed by atoms with Crippen LogP contribution in [0.4, 0.5) is 16.0 Å². The normalized spacial score (nSPS) is 10.7. The molecular formula is C14H18FN5O. The topological polar surface area (TPSA) is 71.8 Å². The molecule has 2 aromatic heterocycles. The monoisotopic (exact) mass is 291 g/mol. The lowest BCUT2D eigenvalue weighted by molar-refractivity contribution is 0.102. The Hall–Kier alpha value is -2.44. The second-order valence-electron chi connectivity index (χ2n) is 4.79. The number of pyridine rings is 1. The smallest absolute Gasteiger partial charge is 0.260 e. The summed E-state index contributed by atoms with van der Waals surface area (Å²) in [5.74, 6) is -0.0757. The van der Waals surface area contributed by atoms with Gasteiger partial charge in [0.1, 0.15) is 17.5 Å². The van der Waals surface area contributed by atoms with Gasteiger partial charge in [-0.3, -0.25) is 4.79 Å². The van der Waals surface area contributed by atoms with E-state index in [2.05, 4.69) is 20.7 Å². The minimum Gasteiger partial charge on any atom is -0.370 e. The minimum atomic E-state index is -0.556. The summed E-state index contributed by atoms with van der Waals surface area (Å²) in [4.78, 5) is 16.2. The van der Waals surface area contributed by atoms with Crippen LogP contribution in [0, 0.1) is 5.82 Å². The Labute approximate surface area is 122 Å². The SMILES string of the molecule is CCNc1ncc(F)cc1C(=O)Nc1ccnn1C(C)C. The maximum absolute atomic E-state index is 13.3. The van der Waals surface area contributed by atoms with Gasteiger partial charge in [0.15, 0.2) is 0 Å². The molecule has 2 N–H and O–H groups in total. The van der Waals surface area contributed by atoms with Crippen molar-refractivity contribution in [2.75, 3.05) is 17.2 Å². The van der Waals surface area contributed by atoms with Crippen LogP contribution in [0.5, 0.6) is 0 Å². The first-order valence-electron chi connectivity index (χ1n) is 6.77. The van der Waals surface area contributed by atoms with Gasteiger partial charge < -0.3 is 10.6 Å². The number of carbonyl (C=O) groups excluding carboxylic acids is 1. The Morgan fingerprint density at radius 3 is 2.90 bits per heavy atom. The number of halogens is 1.